The van der Waals surface area contributed by atoms with E-state index in [9.17, 15) is 4.79 Å². The molecule has 24 heavy (non-hydrogen) atoms. The zero-order chi connectivity index (χ0) is 16.5. The van der Waals surface area contributed by atoms with Crippen LogP contribution in [0.4, 0.5) is 0 Å². The number of nitrogens with zero attached hydrogens (tertiary/aromatic N) is 5. The summed E-state index contributed by atoms with van der Waals surface area (Å²) < 4.78 is 1.64. The van der Waals surface area contributed by atoms with Crippen molar-refractivity contribution >= 4 is 33.8 Å². The highest BCUT2D eigenvalue weighted by molar-refractivity contribution is 7.19. The zero-order valence-corrected chi connectivity index (χ0v) is 14.6. The van der Waals surface area contributed by atoms with E-state index in [2.05, 4.69) is 15.3 Å². The molecule has 3 aromatic rings. The molecule has 6 nitrogen and oxygen atoms in total. The van der Waals surface area contributed by atoms with Crippen molar-refractivity contribution in [2.45, 2.75) is 25.7 Å². The average molecular weight is 362 g/mol. The topological polar surface area (TPSA) is 63.4 Å². The monoisotopic (exact) mass is 361 g/mol. The third-order valence-corrected chi connectivity index (χ3v) is 5.55. The highest BCUT2D eigenvalue weighted by atomic mass is 35.5. The fourth-order valence-electron chi connectivity index (χ4n) is 2.92. The van der Waals surface area contributed by atoms with Gasteiger partial charge < -0.3 is 4.90 Å². The molecule has 0 saturated carbocycles. The van der Waals surface area contributed by atoms with Crippen LogP contribution < -0.4 is 0 Å². The Morgan fingerprint density at radius 3 is 2.83 bits per heavy atom. The average Bonchev–Trinajstić information content (AvgIpc) is 3.19. The number of amides is 1. The number of halogens is 1. The Morgan fingerprint density at radius 1 is 1.25 bits per heavy atom. The Bertz CT molecular complexity index is 855. The fourth-order valence-corrected chi connectivity index (χ4v) is 3.98. The molecule has 0 unspecified atom stereocenters. The molecule has 0 bridgehead atoms. The lowest BCUT2D eigenvalue weighted by atomic mass is 10.1. The summed E-state index contributed by atoms with van der Waals surface area (Å²) in [5.74, 6) is 0.156. The van der Waals surface area contributed by atoms with Crippen molar-refractivity contribution in [2.75, 3.05) is 13.1 Å². The molecule has 1 aliphatic rings. The smallest absolute Gasteiger partial charge is 0.234 e. The zero-order valence-electron chi connectivity index (χ0n) is 13.0. The number of aromatic nitrogens is 4. The first-order valence-electron chi connectivity index (χ1n) is 7.94. The minimum atomic E-state index is 0.156. The molecule has 0 atom stereocenters. The van der Waals surface area contributed by atoms with Crippen molar-refractivity contribution in [3.63, 3.8) is 0 Å². The van der Waals surface area contributed by atoms with Gasteiger partial charge in [0.15, 0.2) is 0 Å². The second-order valence-electron chi connectivity index (χ2n) is 5.89. The predicted octanol–water partition coefficient (Wildman–Crippen LogP) is 3.06. The summed E-state index contributed by atoms with van der Waals surface area (Å²) in [6, 6.07) is 5.74. The lowest BCUT2D eigenvalue weighted by Gasteiger charge is -2.26. The van der Waals surface area contributed by atoms with E-state index in [1.807, 2.05) is 23.1 Å². The van der Waals surface area contributed by atoms with E-state index in [1.165, 1.54) is 17.8 Å². The van der Waals surface area contributed by atoms with Crippen molar-refractivity contribution < 1.29 is 4.79 Å². The van der Waals surface area contributed by atoms with Crippen molar-refractivity contribution in [3.05, 3.63) is 35.1 Å². The molecule has 0 radical (unpaired) electrons. The van der Waals surface area contributed by atoms with Gasteiger partial charge in [-0.1, -0.05) is 35.1 Å². The number of fused-ring (bicyclic) bond motifs is 1. The normalized spacial score (nSPS) is 15.1. The van der Waals surface area contributed by atoms with Crippen molar-refractivity contribution in [2.24, 2.45) is 0 Å². The SMILES string of the molecule is O=C(Cc1ccc(-c2nn3cnnc3s2)cc1Cl)N1CCCCC1. The predicted molar refractivity (Wildman–Crippen MR) is 93.2 cm³/mol. The summed E-state index contributed by atoms with van der Waals surface area (Å²) in [6.07, 6.45) is 5.33. The number of carbonyl (C=O) groups excluding carboxylic acids is 1. The van der Waals surface area contributed by atoms with Gasteiger partial charge in [0, 0.05) is 23.7 Å². The van der Waals surface area contributed by atoms with Gasteiger partial charge in [-0.3, -0.25) is 4.79 Å². The molecule has 1 aromatic carbocycles. The molecule has 1 saturated heterocycles. The standard InChI is InChI=1S/C16H16ClN5OS/c17-13-8-12(15-20-22-10-18-19-16(22)24-15)5-4-11(13)9-14(23)21-6-2-1-3-7-21/h4-5,8,10H,1-3,6-7,9H2. The van der Waals surface area contributed by atoms with E-state index in [4.69, 9.17) is 11.6 Å². The molecular formula is C16H16ClN5OS. The Hall–Kier alpha value is -1.99. The maximum absolute atomic E-state index is 12.4. The van der Waals surface area contributed by atoms with Gasteiger partial charge in [0.25, 0.3) is 0 Å². The summed E-state index contributed by atoms with van der Waals surface area (Å²) in [6.45, 7) is 1.73. The summed E-state index contributed by atoms with van der Waals surface area (Å²) in [5, 5.41) is 13.6. The number of likely N-dealkylation sites (tertiary alicyclic amines) is 1. The van der Waals surface area contributed by atoms with Crippen molar-refractivity contribution in [3.8, 4) is 10.6 Å². The summed E-state index contributed by atoms with van der Waals surface area (Å²) >= 11 is 7.86. The van der Waals surface area contributed by atoms with E-state index in [0.717, 1.165) is 47.0 Å². The van der Waals surface area contributed by atoms with Crippen LogP contribution in [0.1, 0.15) is 24.8 Å². The Balaban J connectivity index is 1.53. The van der Waals surface area contributed by atoms with Gasteiger partial charge in [0.2, 0.25) is 10.9 Å². The van der Waals surface area contributed by atoms with Crippen LogP contribution in [0, 0.1) is 0 Å². The van der Waals surface area contributed by atoms with Crippen LogP contribution in [0.3, 0.4) is 0 Å². The van der Waals surface area contributed by atoms with Crippen LogP contribution >= 0.6 is 22.9 Å². The van der Waals surface area contributed by atoms with Crippen molar-refractivity contribution in [1.82, 2.24) is 24.7 Å². The van der Waals surface area contributed by atoms with E-state index in [1.54, 1.807) is 10.8 Å². The molecular weight excluding hydrogens is 346 g/mol. The van der Waals surface area contributed by atoms with E-state index in [-0.39, 0.29) is 5.91 Å². The lowest BCUT2D eigenvalue weighted by Crippen LogP contribution is -2.36. The van der Waals surface area contributed by atoms with E-state index < -0.39 is 0 Å². The Morgan fingerprint density at radius 2 is 2.08 bits per heavy atom. The highest BCUT2D eigenvalue weighted by Gasteiger charge is 2.18. The molecule has 0 aliphatic carbocycles. The van der Waals surface area contributed by atoms with E-state index >= 15 is 0 Å². The van der Waals surface area contributed by atoms with Gasteiger partial charge in [-0.2, -0.15) is 9.61 Å². The van der Waals surface area contributed by atoms with Crippen molar-refractivity contribution in [1.29, 1.82) is 0 Å². The second kappa shape index (κ2) is 6.49. The summed E-state index contributed by atoms with van der Waals surface area (Å²) in [7, 11) is 0. The molecule has 1 aliphatic heterocycles. The quantitative estimate of drug-likeness (QED) is 0.719. The molecule has 3 heterocycles. The van der Waals surface area contributed by atoms with Gasteiger partial charge in [0.1, 0.15) is 11.3 Å². The van der Waals surface area contributed by atoms with Gasteiger partial charge in [-0.05, 0) is 30.9 Å². The summed E-state index contributed by atoms with van der Waals surface area (Å²) in [5.41, 5.74) is 1.78. The number of carbonyl (C=O) groups is 1. The first-order valence-corrected chi connectivity index (χ1v) is 9.13. The van der Waals surface area contributed by atoms with E-state index in [0.29, 0.717) is 11.4 Å². The number of rotatable bonds is 3. The highest BCUT2D eigenvalue weighted by Crippen LogP contribution is 2.29. The number of hydrogen-bond acceptors (Lipinski definition) is 5. The molecule has 0 N–H and O–H groups in total. The number of benzene rings is 1. The Kier molecular flexibility index (Phi) is 4.20. The fraction of sp³-hybridized carbons (Fsp3) is 0.375. The molecule has 1 fully saturated rings. The minimum absolute atomic E-state index is 0.156. The van der Waals surface area contributed by atoms with Crippen LogP contribution in [0.25, 0.3) is 15.5 Å². The van der Waals surface area contributed by atoms with Gasteiger partial charge >= 0.3 is 0 Å². The maximum atomic E-state index is 12.4. The van der Waals surface area contributed by atoms with Gasteiger partial charge in [-0.25, -0.2) is 0 Å². The number of piperidine rings is 1. The maximum Gasteiger partial charge on any atom is 0.234 e. The number of hydrogen-bond donors (Lipinski definition) is 0. The minimum Gasteiger partial charge on any atom is -0.342 e. The molecule has 8 heteroatoms. The summed E-state index contributed by atoms with van der Waals surface area (Å²) in [4.78, 5) is 15.1. The first kappa shape index (κ1) is 15.5. The van der Waals surface area contributed by atoms with Crippen LogP contribution in [0.15, 0.2) is 24.5 Å². The molecule has 2 aromatic heterocycles. The molecule has 124 valence electrons. The Labute approximate surface area is 148 Å². The van der Waals surface area contributed by atoms with Crippen LogP contribution in [-0.2, 0) is 11.2 Å². The molecule has 1 amide bonds. The second-order valence-corrected chi connectivity index (χ2v) is 7.25. The first-order chi connectivity index (χ1) is 11.7. The third-order valence-electron chi connectivity index (χ3n) is 4.24. The third kappa shape index (κ3) is 3.01. The largest absolute Gasteiger partial charge is 0.342 e. The van der Waals surface area contributed by atoms with Gasteiger partial charge in [-0.15, -0.1) is 10.2 Å². The van der Waals surface area contributed by atoms with Crippen LogP contribution in [0.5, 0.6) is 0 Å². The van der Waals surface area contributed by atoms with Crippen LogP contribution in [-0.4, -0.2) is 43.7 Å². The molecule has 0 spiro atoms. The molecule has 4 rings (SSSR count). The van der Waals surface area contributed by atoms with Gasteiger partial charge in [0.05, 0.1) is 6.42 Å². The van der Waals surface area contributed by atoms with Crippen LogP contribution in [0.2, 0.25) is 5.02 Å². The lowest BCUT2D eigenvalue weighted by molar-refractivity contribution is -0.131.